The van der Waals surface area contributed by atoms with E-state index >= 15 is 0 Å². The monoisotopic (exact) mass is 482 g/mol. The lowest BCUT2D eigenvalue weighted by Gasteiger charge is -2.72. The summed E-state index contributed by atoms with van der Waals surface area (Å²) in [4.78, 5) is 44.3. The van der Waals surface area contributed by atoms with Gasteiger partial charge in [-0.15, -0.1) is 0 Å². The maximum atomic E-state index is 14.3. The number of piperidine rings is 2. The molecule has 2 amide bonds. The number of amides is 2. The summed E-state index contributed by atoms with van der Waals surface area (Å²) < 4.78 is 6.76. The number of carbonyl (C=O) groups is 3. The van der Waals surface area contributed by atoms with Crippen molar-refractivity contribution in [3.63, 3.8) is 0 Å². The SMILES string of the molecule is CN1C(=O)[C@]23[C@H](O)[C@H](O)[C@H]1[C@]1(C)C(=O)[C@@H](O)[C@@]2(CCC[C@H]3O[Si](C)(C)C(C)(C)C)N(C)C1=O. The van der Waals surface area contributed by atoms with Crippen molar-refractivity contribution < 1.29 is 34.1 Å². The lowest BCUT2D eigenvalue weighted by molar-refractivity contribution is -0.280. The van der Waals surface area contributed by atoms with E-state index in [2.05, 4.69) is 20.8 Å². The predicted octanol–water partition coefficient (Wildman–Crippen LogP) is 0.270. The van der Waals surface area contributed by atoms with Crippen LogP contribution in [-0.4, -0.2) is 101 Å². The number of hydrogen-bond acceptors (Lipinski definition) is 7. The van der Waals surface area contributed by atoms with Crippen LogP contribution in [0.15, 0.2) is 0 Å². The fraction of sp³-hybridized carbons (Fsp3) is 0.870. The van der Waals surface area contributed by atoms with Gasteiger partial charge >= 0.3 is 0 Å². The first-order valence-electron chi connectivity index (χ1n) is 11.8. The van der Waals surface area contributed by atoms with Crippen molar-refractivity contribution >= 4 is 25.9 Å². The Kier molecular flexibility index (Phi) is 5.16. The maximum Gasteiger partial charge on any atom is 0.238 e. The van der Waals surface area contributed by atoms with Crippen LogP contribution >= 0.6 is 0 Å². The number of aliphatic hydroxyl groups excluding tert-OH is 3. The van der Waals surface area contributed by atoms with Crippen LogP contribution in [0.25, 0.3) is 0 Å². The molecular weight excluding hydrogens is 444 g/mol. The summed E-state index contributed by atoms with van der Waals surface area (Å²) in [6, 6.07) is -1.29. The highest BCUT2D eigenvalue weighted by molar-refractivity contribution is 6.74. The van der Waals surface area contributed by atoms with Gasteiger partial charge in [-0.3, -0.25) is 14.4 Å². The lowest BCUT2D eigenvalue weighted by Crippen LogP contribution is -2.92. The van der Waals surface area contributed by atoms with Gasteiger partial charge in [0.1, 0.15) is 29.1 Å². The van der Waals surface area contributed by atoms with Crippen LogP contribution in [-0.2, 0) is 18.8 Å². The quantitative estimate of drug-likeness (QED) is 0.381. The number of ketones is 1. The molecule has 5 heterocycles. The van der Waals surface area contributed by atoms with Crippen molar-refractivity contribution in [2.45, 2.75) is 101 Å². The Balaban J connectivity index is 2.06. The zero-order valence-electron chi connectivity index (χ0n) is 20.9. The number of carbonyl (C=O) groups excluding carboxylic acids is 3. The molecule has 7 aliphatic rings. The molecule has 10 heteroatoms. The van der Waals surface area contributed by atoms with Crippen LogP contribution < -0.4 is 0 Å². The Labute approximate surface area is 196 Å². The van der Waals surface area contributed by atoms with E-state index in [-0.39, 0.29) is 11.5 Å². The van der Waals surface area contributed by atoms with E-state index in [1.54, 1.807) is 0 Å². The number of likely N-dealkylation sites (N-methyl/N-ethyl adjacent to an activating group) is 2. The molecule has 0 aromatic carbocycles. The molecule has 2 spiro atoms. The average molecular weight is 483 g/mol. The van der Waals surface area contributed by atoms with Crippen LogP contribution in [0.5, 0.6) is 0 Å². The topological polar surface area (TPSA) is 128 Å². The Hall–Kier alpha value is -1.33. The summed E-state index contributed by atoms with van der Waals surface area (Å²) in [6.45, 7) is 11.6. The Bertz CT molecular complexity index is 893. The first kappa shape index (κ1) is 24.8. The van der Waals surface area contributed by atoms with E-state index in [1.807, 2.05) is 13.1 Å². The fourth-order valence-electron chi connectivity index (χ4n) is 7.07. The van der Waals surface area contributed by atoms with Gasteiger partial charge in [0.05, 0.1) is 17.7 Å². The number of aliphatic hydroxyl groups is 3. The largest absolute Gasteiger partial charge is 0.413 e. The van der Waals surface area contributed by atoms with E-state index in [0.29, 0.717) is 12.8 Å². The Morgan fingerprint density at radius 1 is 1.06 bits per heavy atom. The molecule has 0 aromatic rings. The summed E-state index contributed by atoms with van der Waals surface area (Å²) in [5.74, 6) is -1.76. The Morgan fingerprint density at radius 3 is 2.18 bits per heavy atom. The standard InChI is InChI=1S/C23H38N2O7Si/c1-20(2,3)33(7,8)32-12-10-9-11-22-17(29)16(28)21(4,18(30)25(22)6)14-13(26)15(27)23(12,22)19(31)24(14)5/h12-15,17,26-27,29H,9-11H2,1-8H3/t12-,13-,14+,15-,17-,21-,22-,23+/m1/s1. The first-order chi connectivity index (χ1) is 15.0. The van der Waals surface area contributed by atoms with Crippen molar-refractivity contribution in [2.75, 3.05) is 14.1 Å². The fourth-order valence-corrected chi connectivity index (χ4v) is 8.44. The zero-order chi connectivity index (χ0) is 25.1. The van der Waals surface area contributed by atoms with Gasteiger partial charge in [0.2, 0.25) is 11.8 Å². The number of rotatable bonds is 2. The first-order valence-corrected chi connectivity index (χ1v) is 14.7. The molecule has 186 valence electrons. The summed E-state index contributed by atoms with van der Waals surface area (Å²) in [5, 5.41) is 34.5. The van der Waals surface area contributed by atoms with Gasteiger partial charge in [-0.05, 0) is 44.3 Å². The minimum atomic E-state index is -2.51. The molecule has 7 rings (SSSR count). The maximum absolute atomic E-state index is 14.3. The van der Waals surface area contributed by atoms with Crippen molar-refractivity contribution in [1.82, 2.24) is 9.80 Å². The normalized spacial score (nSPS) is 45.9. The average Bonchev–Trinajstić information content (AvgIpc) is 2.72. The third-order valence-electron chi connectivity index (χ3n) is 9.85. The van der Waals surface area contributed by atoms with E-state index in [0.717, 1.165) is 0 Å². The molecule has 33 heavy (non-hydrogen) atoms. The van der Waals surface area contributed by atoms with Crippen LogP contribution in [0.2, 0.25) is 18.1 Å². The molecule has 0 aromatic heterocycles. The molecule has 3 N–H and O–H groups in total. The lowest BCUT2D eigenvalue weighted by atomic mass is 9.44. The molecule has 2 aliphatic carbocycles. The molecular formula is C23H38N2O7Si. The third-order valence-corrected chi connectivity index (χ3v) is 14.3. The van der Waals surface area contributed by atoms with E-state index in [9.17, 15) is 29.7 Å². The number of nitrogens with zero attached hydrogens (tertiary/aromatic N) is 2. The van der Waals surface area contributed by atoms with Gasteiger partial charge in [-0.1, -0.05) is 20.8 Å². The second-order valence-corrected chi connectivity index (χ2v) is 16.9. The van der Waals surface area contributed by atoms with Gasteiger partial charge in [0.15, 0.2) is 14.1 Å². The zero-order valence-corrected chi connectivity index (χ0v) is 21.9. The minimum Gasteiger partial charge on any atom is -0.413 e. The summed E-state index contributed by atoms with van der Waals surface area (Å²) in [6.07, 6.45) is -4.69. The molecule has 5 saturated heterocycles. The van der Waals surface area contributed by atoms with Crippen LogP contribution in [0, 0.1) is 10.8 Å². The number of hydrogen-bond donors (Lipinski definition) is 3. The molecule has 2 saturated carbocycles. The van der Waals surface area contributed by atoms with Crippen LogP contribution in [0.3, 0.4) is 0 Å². The van der Waals surface area contributed by atoms with Crippen LogP contribution in [0.4, 0.5) is 0 Å². The molecule has 7 fully saturated rings. The summed E-state index contributed by atoms with van der Waals surface area (Å²) in [7, 11) is 0.460. The predicted molar refractivity (Wildman–Crippen MR) is 122 cm³/mol. The third kappa shape index (κ3) is 2.49. The highest BCUT2D eigenvalue weighted by atomic mass is 28.4. The Morgan fingerprint density at radius 2 is 1.64 bits per heavy atom. The van der Waals surface area contributed by atoms with Gasteiger partial charge in [-0.2, -0.15) is 0 Å². The van der Waals surface area contributed by atoms with Gasteiger partial charge in [0.25, 0.3) is 0 Å². The molecule has 0 radical (unpaired) electrons. The second kappa shape index (κ2) is 6.87. The van der Waals surface area contributed by atoms with E-state index < -0.39 is 72.7 Å². The van der Waals surface area contributed by atoms with Crippen molar-refractivity contribution in [3.8, 4) is 0 Å². The summed E-state index contributed by atoms with van der Waals surface area (Å²) >= 11 is 0. The van der Waals surface area contributed by atoms with Crippen molar-refractivity contribution in [1.29, 1.82) is 0 Å². The van der Waals surface area contributed by atoms with Crippen molar-refractivity contribution in [3.05, 3.63) is 0 Å². The minimum absolute atomic E-state index is 0.142. The second-order valence-electron chi connectivity index (χ2n) is 12.2. The number of Topliss-reactive ketones (excluding diaryl/α,β-unsaturated/α-hetero) is 1. The smallest absolute Gasteiger partial charge is 0.238 e. The highest BCUT2D eigenvalue weighted by Gasteiger charge is 2.84. The highest BCUT2D eigenvalue weighted by Crippen LogP contribution is 2.64. The molecule has 5 aliphatic heterocycles. The van der Waals surface area contributed by atoms with E-state index in [1.165, 1.54) is 30.8 Å². The van der Waals surface area contributed by atoms with Crippen LogP contribution in [0.1, 0.15) is 47.0 Å². The molecule has 8 atom stereocenters. The van der Waals surface area contributed by atoms with Gasteiger partial charge in [-0.25, -0.2) is 0 Å². The van der Waals surface area contributed by atoms with Crippen molar-refractivity contribution in [2.24, 2.45) is 10.8 Å². The summed E-state index contributed by atoms with van der Waals surface area (Å²) in [5.41, 5.74) is -5.47. The van der Waals surface area contributed by atoms with Gasteiger partial charge in [0, 0.05) is 14.1 Å². The van der Waals surface area contributed by atoms with Gasteiger partial charge < -0.3 is 29.5 Å². The molecule has 9 nitrogen and oxygen atoms in total. The van der Waals surface area contributed by atoms with E-state index in [4.69, 9.17) is 4.43 Å². The molecule has 4 bridgehead atoms. The molecule has 0 unspecified atom stereocenters.